The average Bonchev–Trinajstić information content (AvgIpc) is 2.69. The number of imide groups is 2. The molecule has 4 amide bonds. The summed E-state index contributed by atoms with van der Waals surface area (Å²) in [5.74, 6) is -2.49. The number of rotatable bonds is 3. The first kappa shape index (κ1) is 18.3. The van der Waals surface area contributed by atoms with Gasteiger partial charge in [0.1, 0.15) is 0 Å². The van der Waals surface area contributed by atoms with E-state index in [1.54, 1.807) is 24.3 Å². The number of urea groups is 1. The second kappa shape index (κ2) is 7.51. The number of carbonyl (C=O) groups is 3. The molecule has 1 fully saturated rings. The van der Waals surface area contributed by atoms with E-state index in [1.807, 2.05) is 42.5 Å². The van der Waals surface area contributed by atoms with Crippen LogP contribution in [0.4, 0.5) is 16.2 Å². The summed E-state index contributed by atoms with van der Waals surface area (Å²) in [5, 5.41) is 4.15. The number of hydrogen-bond donors (Lipinski definition) is 1. The van der Waals surface area contributed by atoms with E-state index in [0.717, 1.165) is 19.2 Å². The molecular weight excluding hydrogens is 469 g/mol. The van der Waals surface area contributed by atoms with Crippen LogP contribution >= 0.6 is 22.6 Å². The minimum absolute atomic E-state index is 0.402. The van der Waals surface area contributed by atoms with Crippen molar-refractivity contribution in [2.24, 2.45) is 10.9 Å². The van der Waals surface area contributed by atoms with Gasteiger partial charge in [0.05, 0.1) is 11.4 Å². The highest BCUT2D eigenvalue weighted by atomic mass is 127. The highest BCUT2D eigenvalue weighted by molar-refractivity contribution is 14.1. The Bertz CT molecular complexity index is 1120. The Morgan fingerprint density at radius 3 is 2.43 bits per heavy atom. The molecule has 1 saturated heterocycles. The number of nitrogens with zero attached hydrogens (tertiary/aromatic N) is 2. The molecule has 1 heterocycles. The molecule has 3 aromatic carbocycles. The van der Waals surface area contributed by atoms with E-state index in [1.165, 1.54) is 6.21 Å². The van der Waals surface area contributed by atoms with Gasteiger partial charge in [0, 0.05) is 15.2 Å². The van der Waals surface area contributed by atoms with E-state index in [2.05, 4.69) is 32.9 Å². The predicted octanol–water partition coefficient (Wildman–Crippen LogP) is 4.05. The summed E-state index contributed by atoms with van der Waals surface area (Å²) in [5.41, 5.74) is 1.05. The van der Waals surface area contributed by atoms with Gasteiger partial charge in [-0.1, -0.05) is 36.4 Å². The summed E-state index contributed by atoms with van der Waals surface area (Å²) >= 11 is 2.13. The largest absolute Gasteiger partial charge is 0.335 e. The Balaban J connectivity index is 1.67. The van der Waals surface area contributed by atoms with Crippen LogP contribution < -0.4 is 10.2 Å². The van der Waals surface area contributed by atoms with Crippen molar-refractivity contribution in [3.8, 4) is 0 Å². The minimum atomic E-state index is -1.18. The van der Waals surface area contributed by atoms with Crippen LogP contribution in [0.2, 0.25) is 0 Å². The smallest absolute Gasteiger partial charge is 0.276 e. The number of benzene rings is 3. The van der Waals surface area contributed by atoms with Gasteiger partial charge in [0.15, 0.2) is 5.92 Å². The van der Waals surface area contributed by atoms with Crippen LogP contribution in [0.5, 0.6) is 0 Å². The quantitative estimate of drug-likeness (QED) is 0.347. The fourth-order valence-corrected chi connectivity index (χ4v) is 3.39. The SMILES string of the molecule is O=C1NC(=O)N(c2ccc(I)cc2)C(=O)[C@H]1C=Nc1cccc2ccccc12. The molecule has 0 bridgehead atoms. The zero-order chi connectivity index (χ0) is 19.7. The molecule has 1 aliphatic heterocycles. The predicted molar refractivity (Wildman–Crippen MR) is 116 cm³/mol. The van der Waals surface area contributed by atoms with Crippen molar-refractivity contribution in [1.29, 1.82) is 0 Å². The lowest BCUT2D eigenvalue weighted by atomic mass is 10.1. The summed E-state index contributed by atoms with van der Waals surface area (Å²) < 4.78 is 0.969. The van der Waals surface area contributed by atoms with Crippen molar-refractivity contribution in [1.82, 2.24) is 5.32 Å². The molecule has 3 aromatic rings. The molecule has 1 aliphatic rings. The van der Waals surface area contributed by atoms with Crippen LogP contribution in [0, 0.1) is 9.49 Å². The van der Waals surface area contributed by atoms with Crippen LogP contribution in [0.15, 0.2) is 71.7 Å². The van der Waals surface area contributed by atoms with Gasteiger partial charge in [-0.3, -0.25) is 19.9 Å². The molecule has 7 heteroatoms. The normalized spacial score (nSPS) is 17.4. The van der Waals surface area contributed by atoms with Gasteiger partial charge in [-0.25, -0.2) is 9.69 Å². The maximum absolute atomic E-state index is 12.9. The Morgan fingerprint density at radius 1 is 0.929 bits per heavy atom. The minimum Gasteiger partial charge on any atom is -0.276 e. The fourth-order valence-electron chi connectivity index (χ4n) is 3.03. The van der Waals surface area contributed by atoms with Crippen LogP contribution in [-0.2, 0) is 9.59 Å². The van der Waals surface area contributed by atoms with Crippen molar-refractivity contribution in [3.63, 3.8) is 0 Å². The Kier molecular flexibility index (Phi) is 4.91. The molecule has 0 aromatic heterocycles. The standard InChI is InChI=1S/C21H14IN3O3/c22-14-8-10-15(11-9-14)25-20(27)17(19(26)24-21(25)28)12-23-18-7-3-5-13-4-1-2-6-16(13)18/h1-12,17H,(H,24,26,28)/t17-/m0/s1. The Morgan fingerprint density at radius 2 is 1.64 bits per heavy atom. The van der Waals surface area contributed by atoms with Crippen LogP contribution in [0.3, 0.4) is 0 Å². The zero-order valence-electron chi connectivity index (χ0n) is 14.5. The average molecular weight is 483 g/mol. The Labute approximate surface area is 174 Å². The summed E-state index contributed by atoms with van der Waals surface area (Å²) in [6.45, 7) is 0. The lowest BCUT2D eigenvalue weighted by molar-refractivity contribution is -0.131. The van der Waals surface area contributed by atoms with Crippen molar-refractivity contribution >= 4 is 68.8 Å². The third-order valence-corrected chi connectivity index (χ3v) is 5.14. The molecular formula is C21H14IN3O3. The van der Waals surface area contributed by atoms with Gasteiger partial charge in [-0.05, 0) is 58.3 Å². The topological polar surface area (TPSA) is 78.8 Å². The van der Waals surface area contributed by atoms with E-state index in [4.69, 9.17) is 0 Å². The molecule has 0 aliphatic carbocycles. The van der Waals surface area contributed by atoms with E-state index < -0.39 is 23.8 Å². The number of carbonyl (C=O) groups excluding carboxylic acids is 3. The number of nitrogens with one attached hydrogen (secondary N) is 1. The molecule has 0 spiro atoms. The highest BCUT2D eigenvalue weighted by Crippen LogP contribution is 2.26. The fraction of sp³-hybridized carbons (Fsp3) is 0.0476. The third-order valence-electron chi connectivity index (χ3n) is 4.42. The van der Waals surface area contributed by atoms with Gasteiger partial charge in [-0.2, -0.15) is 0 Å². The molecule has 0 saturated carbocycles. The lowest BCUT2D eigenvalue weighted by Gasteiger charge is -2.28. The summed E-state index contributed by atoms with van der Waals surface area (Å²) in [6.07, 6.45) is 1.30. The third kappa shape index (κ3) is 3.40. The van der Waals surface area contributed by atoms with Crippen molar-refractivity contribution in [2.75, 3.05) is 4.90 Å². The van der Waals surface area contributed by atoms with E-state index in [9.17, 15) is 14.4 Å². The number of aliphatic imine (C=N–C) groups is 1. The van der Waals surface area contributed by atoms with Gasteiger partial charge in [0.2, 0.25) is 5.91 Å². The molecule has 1 N–H and O–H groups in total. The van der Waals surface area contributed by atoms with E-state index >= 15 is 0 Å². The lowest BCUT2D eigenvalue weighted by Crippen LogP contribution is -2.58. The second-order valence-corrected chi connectivity index (χ2v) is 7.44. The first-order valence-electron chi connectivity index (χ1n) is 8.51. The molecule has 0 unspecified atom stereocenters. The van der Waals surface area contributed by atoms with E-state index in [-0.39, 0.29) is 0 Å². The second-order valence-electron chi connectivity index (χ2n) is 6.20. The van der Waals surface area contributed by atoms with Gasteiger partial charge >= 0.3 is 6.03 Å². The maximum atomic E-state index is 12.9. The van der Waals surface area contributed by atoms with Crippen LogP contribution in [0.1, 0.15) is 0 Å². The number of halogens is 1. The number of hydrogen-bond acceptors (Lipinski definition) is 4. The number of barbiturate groups is 1. The molecule has 28 heavy (non-hydrogen) atoms. The van der Waals surface area contributed by atoms with Crippen molar-refractivity contribution in [3.05, 3.63) is 70.3 Å². The molecule has 4 rings (SSSR count). The monoisotopic (exact) mass is 483 g/mol. The van der Waals surface area contributed by atoms with Gasteiger partial charge < -0.3 is 0 Å². The molecule has 0 radical (unpaired) electrons. The molecule has 6 nitrogen and oxygen atoms in total. The first-order chi connectivity index (χ1) is 13.5. The van der Waals surface area contributed by atoms with Crippen molar-refractivity contribution in [2.45, 2.75) is 0 Å². The zero-order valence-corrected chi connectivity index (χ0v) is 16.7. The summed E-state index contributed by atoms with van der Waals surface area (Å²) in [7, 11) is 0. The highest BCUT2D eigenvalue weighted by Gasteiger charge is 2.40. The van der Waals surface area contributed by atoms with Gasteiger partial charge in [-0.15, -0.1) is 0 Å². The van der Waals surface area contributed by atoms with E-state index in [0.29, 0.717) is 11.4 Å². The maximum Gasteiger partial charge on any atom is 0.335 e. The Hall–Kier alpha value is -3.07. The van der Waals surface area contributed by atoms with Crippen LogP contribution in [-0.4, -0.2) is 24.1 Å². The summed E-state index contributed by atoms with van der Waals surface area (Å²) in [6, 6.07) is 19.5. The molecule has 1 atom stereocenters. The first-order valence-corrected chi connectivity index (χ1v) is 9.59. The number of anilines is 1. The summed E-state index contributed by atoms with van der Waals surface area (Å²) in [4.78, 5) is 42.7. The molecule has 138 valence electrons. The van der Waals surface area contributed by atoms with Crippen LogP contribution in [0.25, 0.3) is 10.8 Å². The number of amides is 4. The number of fused-ring (bicyclic) bond motifs is 1. The van der Waals surface area contributed by atoms with Crippen molar-refractivity contribution < 1.29 is 14.4 Å². The van der Waals surface area contributed by atoms with Gasteiger partial charge in [0.25, 0.3) is 5.91 Å².